The predicted molar refractivity (Wildman–Crippen MR) is 108 cm³/mol. The van der Waals surface area contributed by atoms with Crippen LogP contribution < -0.4 is 10.9 Å². The van der Waals surface area contributed by atoms with Crippen molar-refractivity contribution in [3.05, 3.63) is 26.6 Å². The lowest BCUT2D eigenvalue weighted by Gasteiger charge is -2.23. The van der Waals surface area contributed by atoms with E-state index in [0.29, 0.717) is 23.1 Å². The number of nitrogens with zero attached hydrogens (tertiary/aromatic N) is 2. The van der Waals surface area contributed by atoms with Crippen molar-refractivity contribution < 1.29 is 19.1 Å². The number of H-pyrrole nitrogens is 1. The first kappa shape index (κ1) is 21.0. The molecule has 3 amide bonds. The second-order valence-electron chi connectivity index (χ2n) is 7.16. The number of aryl methyl sites for hydroxylation is 2. The number of aromatic nitrogens is 2. The fraction of sp³-hybridized carbons (Fsp3) is 0.526. The Bertz CT molecular complexity index is 1050. The smallest absolute Gasteiger partial charge is 0.326 e. The average molecular weight is 420 g/mol. The van der Waals surface area contributed by atoms with E-state index in [9.17, 15) is 19.2 Å². The highest BCUT2D eigenvalue weighted by Gasteiger charge is 2.49. The fourth-order valence-corrected chi connectivity index (χ4v) is 4.47. The third kappa shape index (κ3) is 3.52. The summed E-state index contributed by atoms with van der Waals surface area (Å²) in [7, 11) is 0. The van der Waals surface area contributed by atoms with Crippen LogP contribution in [0.4, 0.5) is 4.79 Å². The molecule has 0 spiro atoms. The molecule has 0 saturated carbocycles. The number of aromatic amines is 1. The van der Waals surface area contributed by atoms with Crippen molar-refractivity contribution in [1.29, 1.82) is 0 Å². The van der Waals surface area contributed by atoms with Gasteiger partial charge >= 0.3 is 12.0 Å². The summed E-state index contributed by atoms with van der Waals surface area (Å²) in [5.41, 5.74) is -0.390. The topological polar surface area (TPSA) is 121 Å². The van der Waals surface area contributed by atoms with Gasteiger partial charge in [-0.1, -0.05) is 13.8 Å². The third-order valence-corrected chi connectivity index (χ3v) is 6.59. The van der Waals surface area contributed by atoms with Gasteiger partial charge in [-0.3, -0.25) is 19.3 Å². The van der Waals surface area contributed by atoms with Crippen LogP contribution in [0, 0.1) is 13.8 Å². The highest BCUT2D eigenvalue weighted by Crippen LogP contribution is 2.27. The van der Waals surface area contributed by atoms with E-state index >= 15 is 0 Å². The average Bonchev–Trinajstić information content (AvgIpc) is 3.09. The lowest BCUT2D eigenvalue weighted by molar-refractivity contribution is -0.152. The number of rotatable bonds is 6. The van der Waals surface area contributed by atoms with E-state index < -0.39 is 36.1 Å². The lowest BCUT2D eigenvalue weighted by Crippen LogP contribution is -2.46. The molecule has 1 aliphatic rings. The van der Waals surface area contributed by atoms with Crippen LogP contribution in [-0.2, 0) is 14.3 Å². The molecule has 1 saturated heterocycles. The minimum Gasteiger partial charge on any atom is -0.453 e. The highest BCUT2D eigenvalue weighted by molar-refractivity contribution is 7.18. The summed E-state index contributed by atoms with van der Waals surface area (Å²) < 4.78 is 5.33. The first-order valence-electron chi connectivity index (χ1n) is 9.47. The molecule has 0 radical (unpaired) electrons. The molecule has 3 heterocycles. The Morgan fingerprint density at radius 1 is 1.24 bits per heavy atom. The van der Waals surface area contributed by atoms with Gasteiger partial charge in [-0.05, 0) is 39.2 Å². The summed E-state index contributed by atoms with van der Waals surface area (Å²) in [5, 5.41) is 3.20. The molecule has 1 fully saturated rings. The molecule has 2 aromatic heterocycles. The van der Waals surface area contributed by atoms with Crippen LogP contribution in [-0.4, -0.2) is 44.9 Å². The van der Waals surface area contributed by atoms with Crippen molar-refractivity contribution in [3.8, 4) is 0 Å². The van der Waals surface area contributed by atoms with Crippen molar-refractivity contribution in [2.75, 3.05) is 6.54 Å². The molecule has 10 heteroatoms. The van der Waals surface area contributed by atoms with Crippen LogP contribution in [0.3, 0.4) is 0 Å². The van der Waals surface area contributed by atoms with Crippen LogP contribution in [0.15, 0.2) is 4.79 Å². The highest BCUT2D eigenvalue weighted by atomic mass is 32.1. The second-order valence-corrected chi connectivity index (χ2v) is 8.36. The molecule has 1 aliphatic heterocycles. The van der Waals surface area contributed by atoms with Crippen molar-refractivity contribution in [2.24, 2.45) is 0 Å². The Labute approximate surface area is 171 Å². The molecule has 0 aromatic carbocycles. The molecule has 3 rings (SSSR count). The summed E-state index contributed by atoms with van der Waals surface area (Å²) in [5.74, 6) is -0.981. The largest absolute Gasteiger partial charge is 0.453 e. The zero-order valence-electron chi connectivity index (χ0n) is 17.0. The van der Waals surface area contributed by atoms with Gasteiger partial charge in [0.15, 0.2) is 11.9 Å². The lowest BCUT2D eigenvalue weighted by atomic mass is 9.93. The third-order valence-electron chi connectivity index (χ3n) is 5.49. The molecule has 9 nitrogen and oxygen atoms in total. The Morgan fingerprint density at radius 2 is 1.90 bits per heavy atom. The first-order chi connectivity index (χ1) is 13.6. The van der Waals surface area contributed by atoms with Gasteiger partial charge in [0.2, 0.25) is 0 Å². The summed E-state index contributed by atoms with van der Waals surface area (Å²) in [6, 6.07) is -0.610. The summed E-state index contributed by atoms with van der Waals surface area (Å²) >= 11 is 1.40. The minimum atomic E-state index is -0.976. The molecular weight excluding hydrogens is 396 g/mol. The number of imide groups is 1. The monoisotopic (exact) mass is 420 g/mol. The second kappa shape index (κ2) is 7.58. The maximum absolute atomic E-state index is 12.6. The molecule has 2 aromatic rings. The van der Waals surface area contributed by atoms with E-state index in [1.54, 1.807) is 20.8 Å². The number of fused-ring (bicyclic) bond motifs is 1. The van der Waals surface area contributed by atoms with Crippen molar-refractivity contribution in [3.63, 3.8) is 0 Å². The number of hydrogen-bond acceptors (Lipinski definition) is 7. The first-order valence-corrected chi connectivity index (χ1v) is 10.3. The number of carbonyl (C=O) groups excluding carboxylic acids is 3. The van der Waals surface area contributed by atoms with Gasteiger partial charge in [0.05, 0.1) is 5.39 Å². The van der Waals surface area contributed by atoms with Gasteiger partial charge in [0.1, 0.15) is 16.9 Å². The SMILES string of the molecule is CCC1(CC)NC(=O)N(CC(=O)O[C@H](C)c2nc3sc(C)c(C)c3c(=O)[nH]2)C1=O. The number of urea groups is 1. The summed E-state index contributed by atoms with van der Waals surface area (Å²) in [4.78, 5) is 59.0. The van der Waals surface area contributed by atoms with E-state index in [4.69, 9.17) is 4.74 Å². The number of carbonyl (C=O) groups is 3. The van der Waals surface area contributed by atoms with Crippen LogP contribution in [0.2, 0.25) is 0 Å². The van der Waals surface area contributed by atoms with E-state index in [2.05, 4.69) is 15.3 Å². The maximum Gasteiger partial charge on any atom is 0.326 e. The van der Waals surface area contributed by atoms with Gasteiger partial charge in [-0.15, -0.1) is 11.3 Å². The van der Waals surface area contributed by atoms with E-state index in [1.165, 1.54) is 11.3 Å². The Hall–Kier alpha value is -2.75. The zero-order chi connectivity index (χ0) is 21.5. The predicted octanol–water partition coefficient (Wildman–Crippen LogP) is 2.32. The number of amides is 3. The minimum absolute atomic E-state index is 0.214. The number of thiophene rings is 1. The van der Waals surface area contributed by atoms with E-state index in [-0.39, 0.29) is 11.4 Å². The number of nitrogens with one attached hydrogen (secondary N) is 2. The molecule has 2 N–H and O–H groups in total. The van der Waals surface area contributed by atoms with Gasteiger partial charge < -0.3 is 15.0 Å². The van der Waals surface area contributed by atoms with Gasteiger partial charge in [-0.2, -0.15) is 0 Å². The molecule has 1 atom stereocenters. The maximum atomic E-state index is 12.6. The molecule has 29 heavy (non-hydrogen) atoms. The normalized spacial score (nSPS) is 16.9. The standard InChI is InChI=1S/C19H24N4O5S/c1-6-19(7-2)17(26)23(18(27)22-19)8-12(24)28-10(4)14-20-15(25)13-9(3)11(5)29-16(13)21-14/h10H,6-8H2,1-5H3,(H,22,27)(H,20,21,25)/t10-/m1/s1. The van der Waals surface area contributed by atoms with Crippen molar-refractivity contribution in [1.82, 2.24) is 20.2 Å². The number of esters is 1. The van der Waals surface area contributed by atoms with Gasteiger partial charge in [-0.25, -0.2) is 9.78 Å². The van der Waals surface area contributed by atoms with Crippen LogP contribution in [0.5, 0.6) is 0 Å². The summed E-state index contributed by atoms with van der Waals surface area (Å²) in [6.45, 7) is 8.45. The van der Waals surface area contributed by atoms with Gasteiger partial charge in [0.25, 0.3) is 11.5 Å². The van der Waals surface area contributed by atoms with Crippen molar-refractivity contribution in [2.45, 2.75) is 59.1 Å². The molecule has 0 aliphatic carbocycles. The van der Waals surface area contributed by atoms with Crippen molar-refractivity contribution >= 4 is 39.5 Å². The molecule has 156 valence electrons. The number of hydrogen-bond donors (Lipinski definition) is 2. The molecule has 0 bridgehead atoms. The van der Waals surface area contributed by atoms with E-state index in [1.807, 2.05) is 13.8 Å². The Balaban J connectivity index is 1.75. The zero-order valence-corrected chi connectivity index (χ0v) is 17.9. The Morgan fingerprint density at radius 3 is 2.48 bits per heavy atom. The fourth-order valence-electron chi connectivity index (χ4n) is 3.43. The van der Waals surface area contributed by atoms with Crippen LogP contribution >= 0.6 is 11.3 Å². The summed E-state index contributed by atoms with van der Waals surface area (Å²) in [6.07, 6.45) is 0.0204. The van der Waals surface area contributed by atoms with Crippen LogP contribution in [0.1, 0.15) is 56.0 Å². The number of ether oxygens (including phenoxy) is 1. The van der Waals surface area contributed by atoms with E-state index in [0.717, 1.165) is 15.3 Å². The van der Waals surface area contributed by atoms with Crippen LogP contribution in [0.25, 0.3) is 10.2 Å². The van der Waals surface area contributed by atoms with Gasteiger partial charge in [0, 0.05) is 4.88 Å². The Kier molecular flexibility index (Phi) is 5.48. The quantitative estimate of drug-likeness (QED) is 0.546. The molecule has 0 unspecified atom stereocenters. The molecular formula is C19H24N4O5S.